The lowest BCUT2D eigenvalue weighted by Gasteiger charge is -2.11. The van der Waals surface area contributed by atoms with Crippen molar-refractivity contribution < 1.29 is 0 Å². The van der Waals surface area contributed by atoms with Crippen molar-refractivity contribution in [2.45, 2.75) is 19.9 Å². The van der Waals surface area contributed by atoms with Crippen molar-refractivity contribution in [3.05, 3.63) is 54.4 Å². The molecular weight excluding hydrogens is 326 g/mol. The van der Waals surface area contributed by atoms with Crippen LogP contribution in [0.2, 0.25) is 0 Å². The minimum Gasteiger partial charge on any atom is -0.366 e. The van der Waals surface area contributed by atoms with Crippen molar-refractivity contribution in [1.29, 1.82) is 0 Å². The molecule has 0 aliphatic rings. The highest BCUT2D eigenvalue weighted by molar-refractivity contribution is 5.77. The molecular formula is C19H21N7. The molecule has 0 saturated carbocycles. The highest BCUT2D eigenvalue weighted by atomic mass is 15.2. The predicted octanol–water partition coefficient (Wildman–Crippen LogP) is 2.94. The van der Waals surface area contributed by atoms with Crippen LogP contribution in [0.3, 0.4) is 0 Å². The molecule has 26 heavy (non-hydrogen) atoms. The number of imidazole rings is 1. The molecule has 4 aromatic heterocycles. The van der Waals surface area contributed by atoms with E-state index in [4.69, 9.17) is 0 Å². The number of fused-ring (bicyclic) bond motifs is 1. The number of hydrogen-bond acceptors (Lipinski definition) is 5. The molecule has 0 atom stereocenters. The Balaban J connectivity index is 1.56. The Kier molecular flexibility index (Phi) is 4.12. The first-order valence-electron chi connectivity index (χ1n) is 8.62. The maximum Gasteiger partial charge on any atom is 0.128 e. The molecule has 4 aromatic rings. The fraction of sp³-hybridized carbons (Fsp3) is 0.263. The van der Waals surface area contributed by atoms with Crippen LogP contribution in [0, 0.1) is 0 Å². The van der Waals surface area contributed by atoms with Gasteiger partial charge in [0.2, 0.25) is 0 Å². The lowest BCUT2D eigenvalue weighted by molar-refractivity contribution is 0.768. The van der Waals surface area contributed by atoms with Crippen LogP contribution in [-0.4, -0.2) is 29.3 Å². The van der Waals surface area contributed by atoms with E-state index in [2.05, 4.69) is 38.4 Å². The average molecular weight is 347 g/mol. The van der Waals surface area contributed by atoms with Gasteiger partial charge in [-0.1, -0.05) is 6.92 Å². The van der Waals surface area contributed by atoms with Crippen LogP contribution in [0.5, 0.6) is 0 Å². The molecule has 0 fully saturated rings. The smallest absolute Gasteiger partial charge is 0.128 e. The van der Waals surface area contributed by atoms with Crippen molar-refractivity contribution in [3.63, 3.8) is 0 Å². The standard InChI is InChI=1S/C19H21N7/c1-4-13-5-16(15-9-24-26(3)11-15)20-7-14(13)8-21-19-6-18-17(10-22-19)23-12-25(18)2/h5-7,9-12H,4,8H2,1-3H3,(H,21,22). The molecule has 0 bridgehead atoms. The summed E-state index contributed by atoms with van der Waals surface area (Å²) in [7, 11) is 3.89. The van der Waals surface area contributed by atoms with Crippen LogP contribution in [0.25, 0.3) is 22.3 Å². The van der Waals surface area contributed by atoms with E-state index >= 15 is 0 Å². The van der Waals surface area contributed by atoms with Gasteiger partial charge in [0.1, 0.15) is 11.3 Å². The van der Waals surface area contributed by atoms with E-state index < -0.39 is 0 Å². The van der Waals surface area contributed by atoms with Crippen LogP contribution >= 0.6 is 0 Å². The fourth-order valence-electron chi connectivity index (χ4n) is 3.04. The minimum atomic E-state index is 0.680. The van der Waals surface area contributed by atoms with Gasteiger partial charge >= 0.3 is 0 Å². The van der Waals surface area contributed by atoms with Gasteiger partial charge in [0.05, 0.1) is 29.9 Å². The van der Waals surface area contributed by atoms with Crippen LogP contribution in [0.1, 0.15) is 18.1 Å². The number of rotatable bonds is 5. The van der Waals surface area contributed by atoms with Gasteiger partial charge in [0, 0.05) is 44.7 Å². The van der Waals surface area contributed by atoms with Gasteiger partial charge in [-0.2, -0.15) is 5.10 Å². The number of aryl methyl sites for hydroxylation is 3. The Morgan fingerprint density at radius 1 is 1.00 bits per heavy atom. The summed E-state index contributed by atoms with van der Waals surface area (Å²) in [5.74, 6) is 0.833. The third kappa shape index (κ3) is 3.03. The topological polar surface area (TPSA) is 73.5 Å². The van der Waals surface area contributed by atoms with Crippen molar-refractivity contribution in [2.75, 3.05) is 5.32 Å². The molecule has 0 unspecified atom stereocenters. The number of nitrogens with zero attached hydrogens (tertiary/aromatic N) is 6. The number of hydrogen-bond donors (Lipinski definition) is 1. The quantitative estimate of drug-likeness (QED) is 0.601. The lowest BCUT2D eigenvalue weighted by Crippen LogP contribution is -2.05. The van der Waals surface area contributed by atoms with Crippen molar-refractivity contribution >= 4 is 16.9 Å². The highest BCUT2D eigenvalue weighted by Gasteiger charge is 2.08. The first-order chi connectivity index (χ1) is 12.6. The zero-order valence-corrected chi connectivity index (χ0v) is 15.1. The van der Waals surface area contributed by atoms with E-state index in [1.54, 1.807) is 17.2 Å². The SMILES string of the molecule is CCc1cc(-c2cnn(C)c2)ncc1CNc1cc2c(cn1)ncn2C. The summed E-state index contributed by atoms with van der Waals surface area (Å²) in [5, 5.41) is 7.62. The van der Waals surface area contributed by atoms with Gasteiger partial charge in [-0.25, -0.2) is 9.97 Å². The van der Waals surface area contributed by atoms with E-state index in [9.17, 15) is 0 Å². The van der Waals surface area contributed by atoms with Crippen molar-refractivity contribution in [1.82, 2.24) is 29.3 Å². The van der Waals surface area contributed by atoms with E-state index in [0.717, 1.165) is 34.5 Å². The molecule has 0 aliphatic heterocycles. The summed E-state index contributed by atoms with van der Waals surface area (Å²) in [4.78, 5) is 13.4. The molecule has 0 radical (unpaired) electrons. The summed E-state index contributed by atoms with van der Waals surface area (Å²) in [5.41, 5.74) is 6.39. The Bertz CT molecular complexity index is 1060. The second-order valence-corrected chi connectivity index (χ2v) is 6.36. The minimum absolute atomic E-state index is 0.680. The summed E-state index contributed by atoms with van der Waals surface area (Å²) in [6.07, 6.45) is 10.3. The van der Waals surface area contributed by atoms with Gasteiger partial charge in [-0.3, -0.25) is 9.67 Å². The Morgan fingerprint density at radius 3 is 2.65 bits per heavy atom. The van der Waals surface area contributed by atoms with E-state index in [1.165, 1.54) is 11.1 Å². The van der Waals surface area contributed by atoms with Crippen molar-refractivity contribution in [2.24, 2.45) is 14.1 Å². The Hall–Kier alpha value is -3.22. The van der Waals surface area contributed by atoms with Crippen molar-refractivity contribution in [3.8, 4) is 11.3 Å². The zero-order chi connectivity index (χ0) is 18.1. The molecule has 0 saturated heterocycles. The normalized spacial score (nSPS) is 11.2. The van der Waals surface area contributed by atoms with Gasteiger partial charge in [0.25, 0.3) is 0 Å². The number of pyridine rings is 2. The van der Waals surface area contributed by atoms with Gasteiger partial charge in [-0.05, 0) is 23.6 Å². The second-order valence-electron chi connectivity index (χ2n) is 6.36. The van der Waals surface area contributed by atoms with Gasteiger partial charge < -0.3 is 9.88 Å². The monoisotopic (exact) mass is 347 g/mol. The summed E-state index contributed by atoms with van der Waals surface area (Å²) in [6.45, 7) is 2.84. The lowest BCUT2D eigenvalue weighted by atomic mass is 10.0. The summed E-state index contributed by atoms with van der Waals surface area (Å²) < 4.78 is 3.78. The summed E-state index contributed by atoms with van der Waals surface area (Å²) in [6, 6.07) is 4.16. The Morgan fingerprint density at radius 2 is 1.88 bits per heavy atom. The number of aromatic nitrogens is 6. The predicted molar refractivity (Wildman–Crippen MR) is 102 cm³/mol. The van der Waals surface area contributed by atoms with Crippen LogP contribution < -0.4 is 5.32 Å². The van der Waals surface area contributed by atoms with Crippen LogP contribution in [0.4, 0.5) is 5.82 Å². The van der Waals surface area contributed by atoms with Gasteiger partial charge in [-0.15, -0.1) is 0 Å². The first kappa shape index (κ1) is 16.3. The molecule has 4 rings (SSSR count). The molecule has 7 nitrogen and oxygen atoms in total. The zero-order valence-electron chi connectivity index (χ0n) is 15.1. The molecule has 0 amide bonds. The molecule has 132 valence electrons. The maximum atomic E-state index is 4.61. The second kappa shape index (κ2) is 6.59. The van der Waals surface area contributed by atoms with E-state index in [0.29, 0.717) is 6.54 Å². The summed E-state index contributed by atoms with van der Waals surface area (Å²) >= 11 is 0. The fourth-order valence-corrected chi connectivity index (χ4v) is 3.04. The third-order valence-electron chi connectivity index (χ3n) is 4.54. The van der Waals surface area contributed by atoms with E-state index in [1.807, 2.05) is 43.3 Å². The number of anilines is 1. The molecule has 1 N–H and O–H groups in total. The average Bonchev–Trinajstić information content (AvgIpc) is 3.26. The molecule has 0 aromatic carbocycles. The van der Waals surface area contributed by atoms with E-state index in [-0.39, 0.29) is 0 Å². The molecule has 0 aliphatic carbocycles. The third-order valence-corrected chi connectivity index (χ3v) is 4.54. The molecule has 4 heterocycles. The molecule has 7 heteroatoms. The maximum absolute atomic E-state index is 4.61. The highest BCUT2D eigenvalue weighted by Crippen LogP contribution is 2.21. The first-order valence-corrected chi connectivity index (χ1v) is 8.62. The number of nitrogens with one attached hydrogen (secondary N) is 1. The Labute approximate surface area is 151 Å². The van der Waals surface area contributed by atoms with Crippen LogP contribution in [0.15, 0.2) is 43.2 Å². The van der Waals surface area contributed by atoms with Crippen LogP contribution in [-0.2, 0) is 27.1 Å². The van der Waals surface area contributed by atoms with Gasteiger partial charge in [0.15, 0.2) is 0 Å². The largest absolute Gasteiger partial charge is 0.366 e. The molecule has 0 spiro atoms.